The zero-order chi connectivity index (χ0) is 12.9. The highest BCUT2D eigenvalue weighted by molar-refractivity contribution is 5.83. The van der Waals surface area contributed by atoms with Gasteiger partial charge in [-0.05, 0) is 38.5 Å². The van der Waals surface area contributed by atoms with Crippen molar-refractivity contribution in [3.8, 4) is 0 Å². The van der Waals surface area contributed by atoms with E-state index in [1.165, 1.54) is 0 Å². The summed E-state index contributed by atoms with van der Waals surface area (Å²) in [4.78, 5) is 12.3. The number of amides is 1. The van der Waals surface area contributed by atoms with Gasteiger partial charge in [0.1, 0.15) is 0 Å². The van der Waals surface area contributed by atoms with Gasteiger partial charge in [-0.3, -0.25) is 4.79 Å². The summed E-state index contributed by atoms with van der Waals surface area (Å²) in [5, 5.41) is 3.15. The maximum absolute atomic E-state index is 12.3. The molecule has 1 atom stereocenters. The molecule has 0 radical (unpaired) electrons. The topological polar surface area (TPSA) is 55.1 Å². The van der Waals surface area contributed by atoms with Gasteiger partial charge < -0.3 is 11.1 Å². The van der Waals surface area contributed by atoms with Crippen LogP contribution in [-0.2, 0) is 4.79 Å². The molecule has 3 nitrogen and oxygen atoms in total. The molecule has 0 aliphatic heterocycles. The van der Waals surface area contributed by atoms with Gasteiger partial charge in [0.25, 0.3) is 0 Å². The second-order valence-corrected chi connectivity index (χ2v) is 6.04. The lowest BCUT2D eigenvalue weighted by Crippen LogP contribution is -2.47. The van der Waals surface area contributed by atoms with Crippen molar-refractivity contribution in [1.82, 2.24) is 5.32 Å². The fraction of sp³-hybridized carbons (Fsp3) is 0.929. The minimum atomic E-state index is -0.258. The Hall–Kier alpha value is -0.570. The monoisotopic (exact) mass is 240 g/mol. The first kappa shape index (κ1) is 14.5. The lowest BCUT2D eigenvalue weighted by atomic mass is 9.85. The predicted molar refractivity (Wildman–Crippen MR) is 71.6 cm³/mol. The van der Waals surface area contributed by atoms with Gasteiger partial charge in [0, 0.05) is 12.6 Å². The molecule has 0 aromatic rings. The second kappa shape index (κ2) is 6.39. The highest BCUT2D eigenvalue weighted by Gasteiger charge is 2.39. The van der Waals surface area contributed by atoms with E-state index in [9.17, 15) is 4.79 Å². The van der Waals surface area contributed by atoms with Gasteiger partial charge in [-0.1, -0.05) is 26.7 Å². The number of carbonyl (C=O) groups excluding carboxylic acids is 1. The van der Waals surface area contributed by atoms with Crippen LogP contribution in [0, 0.1) is 11.3 Å². The molecule has 1 aliphatic carbocycles. The fourth-order valence-corrected chi connectivity index (χ4v) is 2.61. The summed E-state index contributed by atoms with van der Waals surface area (Å²) in [5.74, 6) is 0.887. The van der Waals surface area contributed by atoms with Crippen LogP contribution in [0.4, 0.5) is 0 Å². The molecule has 0 aromatic carbocycles. The molecule has 1 unspecified atom stereocenters. The van der Waals surface area contributed by atoms with Gasteiger partial charge in [0.15, 0.2) is 0 Å². The van der Waals surface area contributed by atoms with Crippen LogP contribution in [0.1, 0.15) is 59.3 Å². The molecule has 1 amide bonds. The maximum Gasteiger partial charge on any atom is 0.227 e. The molecule has 1 fully saturated rings. The Morgan fingerprint density at radius 1 is 1.24 bits per heavy atom. The van der Waals surface area contributed by atoms with Gasteiger partial charge in [-0.2, -0.15) is 0 Å². The Morgan fingerprint density at radius 2 is 1.82 bits per heavy atom. The smallest absolute Gasteiger partial charge is 0.227 e. The van der Waals surface area contributed by atoms with E-state index in [2.05, 4.69) is 26.1 Å². The van der Waals surface area contributed by atoms with E-state index in [0.717, 1.165) is 38.5 Å². The lowest BCUT2D eigenvalue weighted by Gasteiger charge is -2.28. The Bertz CT molecular complexity index is 245. The summed E-state index contributed by atoms with van der Waals surface area (Å²) >= 11 is 0. The normalized spacial score (nSPS) is 20.5. The molecule has 3 heteroatoms. The number of rotatable bonds is 6. The van der Waals surface area contributed by atoms with E-state index >= 15 is 0 Å². The van der Waals surface area contributed by atoms with Gasteiger partial charge >= 0.3 is 0 Å². The molecule has 1 saturated carbocycles. The van der Waals surface area contributed by atoms with Crippen molar-refractivity contribution in [1.29, 1.82) is 0 Å². The zero-order valence-electron chi connectivity index (χ0n) is 11.6. The molecule has 100 valence electrons. The number of carbonyl (C=O) groups is 1. The maximum atomic E-state index is 12.3. The highest BCUT2D eigenvalue weighted by atomic mass is 16.2. The van der Waals surface area contributed by atoms with Crippen molar-refractivity contribution in [2.75, 3.05) is 6.54 Å². The van der Waals surface area contributed by atoms with E-state index in [1.54, 1.807) is 0 Å². The van der Waals surface area contributed by atoms with E-state index in [1.807, 2.05) is 0 Å². The molecular formula is C14H28N2O. The lowest BCUT2D eigenvalue weighted by molar-refractivity contribution is -0.131. The number of hydrogen-bond donors (Lipinski definition) is 2. The van der Waals surface area contributed by atoms with Crippen molar-refractivity contribution in [3.63, 3.8) is 0 Å². The summed E-state index contributed by atoms with van der Waals surface area (Å²) in [6.07, 6.45) is 6.44. The van der Waals surface area contributed by atoms with Gasteiger partial charge in [-0.25, -0.2) is 0 Å². The molecular weight excluding hydrogens is 212 g/mol. The second-order valence-electron chi connectivity index (χ2n) is 6.04. The molecule has 1 rings (SSSR count). The Kier molecular flexibility index (Phi) is 5.44. The van der Waals surface area contributed by atoms with Crippen LogP contribution in [0.3, 0.4) is 0 Å². The van der Waals surface area contributed by atoms with Crippen LogP contribution in [0.15, 0.2) is 0 Å². The third-order valence-electron chi connectivity index (χ3n) is 3.99. The Labute approximate surface area is 106 Å². The van der Waals surface area contributed by atoms with Crippen molar-refractivity contribution in [2.24, 2.45) is 17.1 Å². The number of nitrogens with two attached hydrogens (primary N) is 1. The van der Waals surface area contributed by atoms with Crippen LogP contribution in [0.5, 0.6) is 0 Å². The quantitative estimate of drug-likeness (QED) is 0.749. The van der Waals surface area contributed by atoms with Crippen LogP contribution >= 0.6 is 0 Å². The number of hydrogen-bond acceptors (Lipinski definition) is 2. The summed E-state index contributed by atoms with van der Waals surface area (Å²) < 4.78 is 0. The van der Waals surface area contributed by atoms with E-state index in [4.69, 9.17) is 5.73 Å². The molecule has 0 spiro atoms. The van der Waals surface area contributed by atoms with E-state index < -0.39 is 0 Å². The predicted octanol–water partition coefficient (Wildman–Crippen LogP) is 2.45. The first-order valence-corrected chi connectivity index (χ1v) is 7.01. The van der Waals surface area contributed by atoms with E-state index in [0.29, 0.717) is 12.5 Å². The molecule has 0 saturated heterocycles. The third-order valence-corrected chi connectivity index (χ3v) is 3.99. The minimum Gasteiger partial charge on any atom is -0.353 e. The molecule has 0 bridgehead atoms. The van der Waals surface area contributed by atoms with Gasteiger partial charge in [0.05, 0.1) is 5.41 Å². The van der Waals surface area contributed by atoms with Gasteiger partial charge in [0.2, 0.25) is 5.91 Å². The molecule has 0 heterocycles. The average Bonchev–Trinajstić information content (AvgIpc) is 2.76. The van der Waals surface area contributed by atoms with Crippen molar-refractivity contribution in [2.45, 2.75) is 65.3 Å². The SMILES string of the molecule is CC(C)CCC(C)NC(=O)C1(CN)CCCC1. The van der Waals surface area contributed by atoms with Crippen LogP contribution in [-0.4, -0.2) is 18.5 Å². The van der Waals surface area contributed by atoms with Crippen molar-refractivity contribution < 1.29 is 4.79 Å². The largest absolute Gasteiger partial charge is 0.353 e. The standard InChI is InChI=1S/C14H28N2O/c1-11(2)6-7-12(3)16-13(17)14(10-15)8-4-5-9-14/h11-12H,4-10,15H2,1-3H3,(H,16,17). The number of nitrogens with one attached hydrogen (secondary N) is 1. The zero-order valence-corrected chi connectivity index (χ0v) is 11.6. The minimum absolute atomic E-state index is 0.189. The van der Waals surface area contributed by atoms with Crippen LogP contribution in [0.25, 0.3) is 0 Å². The van der Waals surface area contributed by atoms with Crippen LogP contribution < -0.4 is 11.1 Å². The Morgan fingerprint density at radius 3 is 2.29 bits per heavy atom. The fourth-order valence-electron chi connectivity index (χ4n) is 2.61. The van der Waals surface area contributed by atoms with Crippen molar-refractivity contribution >= 4 is 5.91 Å². The molecule has 1 aliphatic rings. The average molecular weight is 240 g/mol. The summed E-state index contributed by atoms with van der Waals surface area (Å²) in [5.41, 5.74) is 5.55. The first-order chi connectivity index (χ1) is 8.00. The molecule has 3 N–H and O–H groups in total. The van der Waals surface area contributed by atoms with Crippen LogP contribution in [0.2, 0.25) is 0 Å². The Balaban J connectivity index is 2.41. The summed E-state index contributed by atoms with van der Waals surface area (Å²) in [7, 11) is 0. The highest BCUT2D eigenvalue weighted by Crippen LogP contribution is 2.37. The summed E-state index contributed by atoms with van der Waals surface area (Å²) in [6.45, 7) is 7.02. The first-order valence-electron chi connectivity index (χ1n) is 7.01. The third kappa shape index (κ3) is 3.98. The summed E-state index contributed by atoms with van der Waals surface area (Å²) in [6, 6.07) is 0.272. The van der Waals surface area contributed by atoms with E-state index in [-0.39, 0.29) is 17.4 Å². The molecule has 0 aromatic heterocycles. The van der Waals surface area contributed by atoms with Crippen molar-refractivity contribution in [3.05, 3.63) is 0 Å². The van der Waals surface area contributed by atoms with Gasteiger partial charge in [-0.15, -0.1) is 0 Å². The molecule has 17 heavy (non-hydrogen) atoms.